The van der Waals surface area contributed by atoms with Crippen molar-refractivity contribution in [1.82, 2.24) is 0 Å². The minimum atomic E-state index is -4.96. The van der Waals surface area contributed by atoms with Gasteiger partial charge in [0, 0.05) is 25.7 Å². The molecule has 0 rings (SSSR count). The zero-order valence-electron chi connectivity index (χ0n) is 68.7. The Hall–Kier alpha value is -1.94. The van der Waals surface area contributed by atoms with Crippen molar-refractivity contribution in [3.8, 4) is 0 Å². The second kappa shape index (κ2) is 80.1. The molecule has 19 heteroatoms. The van der Waals surface area contributed by atoms with Crippen molar-refractivity contribution in [3.63, 3.8) is 0 Å². The molecule has 0 aromatic carbocycles. The van der Waals surface area contributed by atoms with Crippen LogP contribution >= 0.6 is 15.6 Å². The predicted octanol–water partition coefficient (Wildman–Crippen LogP) is 26.5. The summed E-state index contributed by atoms with van der Waals surface area (Å²) in [7, 11) is -9.92. The molecular formula is C86H168O17P2. The van der Waals surface area contributed by atoms with E-state index in [1.807, 2.05) is 0 Å². The molecule has 0 radical (unpaired) electrons. The number of carbonyl (C=O) groups excluding carboxylic acids is 4. The van der Waals surface area contributed by atoms with Crippen molar-refractivity contribution in [2.75, 3.05) is 39.6 Å². The Kier molecular flexibility index (Phi) is 78.6. The van der Waals surface area contributed by atoms with Crippen molar-refractivity contribution >= 4 is 39.5 Å². The number of carbonyl (C=O) groups is 4. The highest BCUT2D eigenvalue weighted by Gasteiger charge is 2.30. The van der Waals surface area contributed by atoms with E-state index in [9.17, 15) is 43.2 Å². The van der Waals surface area contributed by atoms with E-state index in [0.717, 1.165) is 89.9 Å². The van der Waals surface area contributed by atoms with Crippen LogP contribution in [0.2, 0.25) is 0 Å². The maximum absolute atomic E-state index is 13.1. The molecule has 0 aromatic heterocycles. The van der Waals surface area contributed by atoms with Gasteiger partial charge in [0.2, 0.25) is 0 Å². The van der Waals surface area contributed by atoms with Crippen LogP contribution in [-0.4, -0.2) is 96.7 Å². The molecule has 0 fully saturated rings. The Morgan fingerprint density at radius 2 is 0.381 bits per heavy atom. The third kappa shape index (κ3) is 79.9. The fraction of sp³-hybridized carbons (Fsp3) is 0.953. The lowest BCUT2D eigenvalue weighted by Crippen LogP contribution is -2.30. The smallest absolute Gasteiger partial charge is 0.462 e. The van der Waals surface area contributed by atoms with Gasteiger partial charge in [-0.1, -0.05) is 419 Å². The number of esters is 4. The van der Waals surface area contributed by atoms with Crippen molar-refractivity contribution in [2.24, 2.45) is 0 Å². The van der Waals surface area contributed by atoms with Crippen LogP contribution in [0.3, 0.4) is 0 Å². The van der Waals surface area contributed by atoms with Gasteiger partial charge in [-0.2, -0.15) is 0 Å². The van der Waals surface area contributed by atoms with Crippen molar-refractivity contribution in [2.45, 2.75) is 489 Å². The first kappa shape index (κ1) is 103. The van der Waals surface area contributed by atoms with Crippen LogP contribution < -0.4 is 0 Å². The third-order valence-electron chi connectivity index (χ3n) is 20.4. The van der Waals surface area contributed by atoms with Crippen LogP contribution in [0.15, 0.2) is 0 Å². The largest absolute Gasteiger partial charge is 0.472 e. The van der Waals surface area contributed by atoms with Gasteiger partial charge in [0.1, 0.15) is 19.3 Å². The highest BCUT2D eigenvalue weighted by molar-refractivity contribution is 7.47. The summed E-state index contributed by atoms with van der Waals surface area (Å²) in [6, 6.07) is 0. The van der Waals surface area contributed by atoms with Crippen LogP contribution in [0.5, 0.6) is 0 Å². The van der Waals surface area contributed by atoms with E-state index in [-0.39, 0.29) is 25.7 Å². The second-order valence-electron chi connectivity index (χ2n) is 30.9. The SMILES string of the molecule is CCCCCCCCCCCCCCCCCCCCCCCC(=O)OC[C@H](COP(=O)(O)OC[C@@H](O)COP(=O)(O)OC[C@@H](COC(=O)CCCCCCCCCC)OC(=O)CCCCCCCCCCCCCCCCC)OC(=O)CCCCCCCCCCCCCCCCCCCCCCC. The molecule has 0 aliphatic heterocycles. The summed E-state index contributed by atoms with van der Waals surface area (Å²) in [5.74, 6) is -2.10. The molecular weight excluding hydrogens is 1370 g/mol. The Labute approximate surface area is 645 Å². The minimum Gasteiger partial charge on any atom is -0.462 e. The zero-order valence-corrected chi connectivity index (χ0v) is 70.5. The summed E-state index contributed by atoms with van der Waals surface area (Å²) in [4.78, 5) is 73.1. The van der Waals surface area contributed by atoms with E-state index in [2.05, 4.69) is 27.7 Å². The topological polar surface area (TPSA) is 237 Å². The fourth-order valence-corrected chi connectivity index (χ4v) is 15.1. The second-order valence-corrected chi connectivity index (χ2v) is 33.8. The first-order chi connectivity index (χ1) is 51.2. The first-order valence-corrected chi connectivity index (χ1v) is 47.8. The van der Waals surface area contributed by atoms with Crippen molar-refractivity contribution in [1.29, 1.82) is 0 Å². The van der Waals surface area contributed by atoms with Gasteiger partial charge in [-0.3, -0.25) is 37.3 Å². The van der Waals surface area contributed by atoms with E-state index < -0.39 is 97.5 Å². The van der Waals surface area contributed by atoms with Gasteiger partial charge in [-0.25, -0.2) is 9.13 Å². The molecule has 0 amide bonds. The number of unbranched alkanes of at least 4 members (excludes halogenated alkanes) is 61. The standard InChI is InChI=1S/C86H168O17P2/c1-5-9-13-17-21-25-28-31-34-36-38-40-42-44-47-49-52-55-59-63-67-71-84(89)97-77-82(103-86(91)73-69-65-61-57-54-51-48-45-43-41-39-37-35-32-29-26-22-18-14-10-6-2)79-101-105(94,95)99-75-80(87)74-98-104(92,93)100-78-81(76-96-83(88)70-66-62-58-24-20-16-12-8-4)102-85(90)72-68-64-60-56-53-50-46-33-30-27-23-19-15-11-7-3/h80-82,87H,5-79H2,1-4H3,(H,92,93)(H,94,95)/t80-,81+,82+/m0/s1. The molecule has 0 aliphatic rings. The summed E-state index contributed by atoms with van der Waals surface area (Å²) >= 11 is 0. The van der Waals surface area contributed by atoms with Crippen LogP contribution in [0.1, 0.15) is 471 Å². The van der Waals surface area contributed by atoms with E-state index in [1.54, 1.807) is 0 Å². The highest BCUT2D eigenvalue weighted by atomic mass is 31.2. The van der Waals surface area contributed by atoms with E-state index in [0.29, 0.717) is 25.7 Å². The van der Waals surface area contributed by atoms with Crippen LogP contribution in [0, 0.1) is 0 Å². The summed E-state index contributed by atoms with van der Waals surface area (Å²) in [5.41, 5.74) is 0. The number of phosphoric acid groups is 2. The monoisotopic (exact) mass is 1540 g/mol. The lowest BCUT2D eigenvalue weighted by molar-refractivity contribution is -0.161. The minimum absolute atomic E-state index is 0.109. The Bertz CT molecular complexity index is 1980. The number of phosphoric ester groups is 2. The Balaban J connectivity index is 5.17. The van der Waals surface area contributed by atoms with Crippen LogP contribution in [0.25, 0.3) is 0 Å². The van der Waals surface area contributed by atoms with Gasteiger partial charge in [0.15, 0.2) is 12.2 Å². The molecule has 5 atom stereocenters. The number of hydrogen-bond acceptors (Lipinski definition) is 15. The van der Waals surface area contributed by atoms with Crippen LogP contribution in [-0.2, 0) is 65.4 Å². The number of ether oxygens (including phenoxy) is 4. The number of hydrogen-bond donors (Lipinski definition) is 3. The summed E-state index contributed by atoms with van der Waals surface area (Å²) in [5, 5.41) is 10.7. The molecule has 0 bridgehead atoms. The van der Waals surface area contributed by atoms with Gasteiger partial charge < -0.3 is 33.8 Å². The maximum atomic E-state index is 13.1. The quantitative estimate of drug-likeness (QED) is 0.0222. The first-order valence-electron chi connectivity index (χ1n) is 44.8. The number of aliphatic hydroxyl groups is 1. The van der Waals surface area contributed by atoms with E-state index in [4.69, 9.17) is 37.0 Å². The molecule has 0 aromatic rings. The summed E-state index contributed by atoms with van der Waals surface area (Å²) in [6.45, 7) is 5.03. The van der Waals surface area contributed by atoms with Crippen LogP contribution in [0.4, 0.5) is 0 Å². The molecule has 0 saturated carbocycles. The van der Waals surface area contributed by atoms with Gasteiger partial charge in [0.05, 0.1) is 26.4 Å². The molecule has 0 spiro atoms. The lowest BCUT2D eigenvalue weighted by atomic mass is 10.0. The van der Waals surface area contributed by atoms with E-state index in [1.165, 1.54) is 302 Å². The van der Waals surface area contributed by atoms with Crippen molar-refractivity contribution < 1.29 is 80.2 Å². The average Bonchev–Trinajstić information content (AvgIpc) is 0.912. The third-order valence-corrected chi connectivity index (χ3v) is 22.3. The molecule has 105 heavy (non-hydrogen) atoms. The Morgan fingerprint density at radius 1 is 0.229 bits per heavy atom. The average molecular weight is 1540 g/mol. The normalized spacial score (nSPS) is 13.7. The molecule has 17 nitrogen and oxygen atoms in total. The lowest BCUT2D eigenvalue weighted by Gasteiger charge is -2.21. The zero-order chi connectivity index (χ0) is 76.7. The van der Waals surface area contributed by atoms with Gasteiger partial charge in [-0.15, -0.1) is 0 Å². The maximum Gasteiger partial charge on any atom is 0.472 e. The van der Waals surface area contributed by atoms with E-state index >= 15 is 0 Å². The molecule has 624 valence electrons. The Morgan fingerprint density at radius 3 is 0.562 bits per heavy atom. The molecule has 3 N–H and O–H groups in total. The number of rotatable bonds is 87. The highest BCUT2D eigenvalue weighted by Crippen LogP contribution is 2.45. The predicted molar refractivity (Wildman–Crippen MR) is 432 cm³/mol. The van der Waals surface area contributed by atoms with Gasteiger partial charge in [0.25, 0.3) is 0 Å². The summed E-state index contributed by atoms with van der Waals surface area (Å²) < 4.78 is 68.8. The number of aliphatic hydroxyl groups excluding tert-OH is 1. The fourth-order valence-electron chi connectivity index (χ4n) is 13.5. The van der Waals surface area contributed by atoms with Crippen molar-refractivity contribution in [3.05, 3.63) is 0 Å². The molecule has 0 heterocycles. The molecule has 0 saturated heterocycles. The molecule has 0 aliphatic carbocycles. The summed E-state index contributed by atoms with van der Waals surface area (Å²) in [6.07, 6.45) is 75.2. The van der Waals surface area contributed by atoms with Gasteiger partial charge in [-0.05, 0) is 25.7 Å². The molecule has 2 unspecified atom stereocenters. The van der Waals surface area contributed by atoms with Gasteiger partial charge >= 0.3 is 39.5 Å².